The van der Waals surface area contributed by atoms with Crippen molar-refractivity contribution in [1.29, 1.82) is 0 Å². The lowest BCUT2D eigenvalue weighted by Crippen LogP contribution is -2.12. The van der Waals surface area contributed by atoms with Crippen LogP contribution in [0.2, 0.25) is 0 Å². The number of carbonyl (C=O) groups excluding carboxylic acids is 1. The van der Waals surface area contributed by atoms with Crippen LogP contribution in [0.15, 0.2) is 60.2 Å². The van der Waals surface area contributed by atoms with Gasteiger partial charge < -0.3 is 10.1 Å². The second-order valence-electron chi connectivity index (χ2n) is 4.42. The standard InChI is InChI=1S/C17H17NO2/c1-13(12-14-8-10-16(20-2)11-9-14)17(19)18-15-6-4-3-5-7-15/h3-12H,1-2H3,(H,18,19). The summed E-state index contributed by atoms with van der Waals surface area (Å²) in [5.74, 6) is 0.695. The number of anilines is 1. The first-order chi connectivity index (χ1) is 9.69. The lowest BCUT2D eigenvalue weighted by Gasteiger charge is -2.05. The lowest BCUT2D eigenvalue weighted by atomic mass is 10.1. The highest BCUT2D eigenvalue weighted by Crippen LogP contribution is 2.15. The molecular weight excluding hydrogens is 250 g/mol. The topological polar surface area (TPSA) is 38.3 Å². The Labute approximate surface area is 118 Å². The molecule has 0 unspecified atom stereocenters. The molecule has 0 aliphatic rings. The number of rotatable bonds is 4. The highest BCUT2D eigenvalue weighted by molar-refractivity contribution is 6.06. The number of hydrogen-bond acceptors (Lipinski definition) is 2. The Morgan fingerprint density at radius 2 is 1.70 bits per heavy atom. The summed E-state index contributed by atoms with van der Waals surface area (Å²) in [4.78, 5) is 12.0. The van der Waals surface area contributed by atoms with Gasteiger partial charge in [-0.25, -0.2) is 0 Å². The average molecular weight is 267 g/mol. The normalized spacial score (nSPS) is 11.0. The Morgan fingerprint density at radius 1 is 1.05 bits per heavy atom. The summed E-state index contributed by atoms with van der Waals surface area (Å²) >= 11 is 0. The van der Waals surface area contributed by atoms with Gasteiger partial charge in [-0.15, -0.1) is 0 Å². The minimum atomic E-state index is -0.105. The second-order valence-corrected chi connectivity index (χ2v) is 4.42. The van der Waals surface area contributed by atoms with Gasteiger partial charge in [0, 0.05) is 11.3 Å². The monoisotopic (exact) mass is 267 g/mol. The maximum absolute atomic E-state index is 12.0. The summed E-state index contributed by atoms with van der Waals surface area (Å²) in [7, 11) is 1.63. The third-order valence-electron chi connectivity index (χ3n) is 2.89. The van der Waals surface area contributed by atoms with Crippen LogP contribution in [0.3, 0.4) is 0 Å². The fraction of sp³-hybridized carbons (Fsp3) is 0.118. The summed E-state index contributed by atoms with van der Waals surface area (Å²) in [6.07, 6.45) is 1.84. The van der Waals surface area contributed by atoms with E-state index in [9.17, 15) is 4.79 Å². The average Bonchev–Trinajstić information content (AvgIpc) is 2.49. The highest BCUT2D eigenvalue weighted by atomic mass is 16.5. The number of para-hydroxylation sites is 1. The molecule has 3 nitrogen and oxygen atoms in total. The zero-order valence-electron chi connectivity index (χ0n) is 11.6. The molecule has 1 N–H and O–H groups in total. The summed E-state index contributed by atoms with van der Waals surface area (Å²) in [6, 6.07) is 17.0. The molecule has 0 aliphatic carbocycles. The number of ether oxygens (including phenoxy) is 1. The van der Waals surface area contributed by atoms with Crippen LogP contribution in [0.4, 0.5) is 5.69 Å². The Kier molecular flexibility index (Phi) is 4.56. The Bertz CT molecular complexity index is 601. The van der Waals surface area contributed by atoms with Crippen LogP contribution in [-0.2, 0) is 4.79 Å². The van der Waals surface area contributed by atoms with Gasteiger partial charge in [0.05, 0.1) is 7.11 Å². The van der Waals surface area contributed by atoms with Gasteiger partial charge in [0.15, 0.2) is 0 Å². The van der Waals surface area contributed by atoms with E-state index in [2.05, 4.69) is 5.32 Å². The molecule has 102 valence electrons. The van der Waals surface area contributed by atoms with Crippen molar-refractivity contribution in [2.45, 2.75) is 6.92 Å². The maximum Gasteiger partial charge on any atom is 0.251 e. The van der Waals surface area contributed by atoms with Gasteiger partial charge in [0.2, 0.25) is 0 Å². The Hall–Kier alpha value is -2.55. The van der Waals surface area contributed by atoms with E-state index in [4.69, 9.17) is 4.74 Å². The highest BCUT2D eigenvalue weighted by Gasteiger charge is 2.04. The Morgan fingerprint density at radius 3 is 2.30 bits per heavy atom. The summed E-state index contributed by atoms with van der Waals surface area (Å²) in [5, 5.41) is 2.85. The van der Waals surface area contributed by atoms with Gasteiger partial charge in [-0.05, 0) is 42.8 Å². The summed E-state index contributed by atoms with van der Waals surface area (Å²) < 4.78 is 5.10. The molecular formula is C17H17NO2. The quantitative estimate of drug-likeness (QED) is 0.857. The van der Waals surface area contributed by atoms with E-state index in [0.717, 1.165) is 17.0 Å². The molecule has 0 atom stereocenters. The Balaban J connectivity index is 2.07. The minimum Gasteiger partial charge on any atom is -0.497 e. The molecule has 0 aliphatic heterocycles. The number of nitrogens with one attached hydrogen (secondary N) is 1. The molecule has 0 fully saturated rings. The predicted octanol–water partition coefficient (Wildman–Crippen LogP) is 3.74. The first kappa shape index (κ1) is 13.9. The van der Waals surface area contributed by atoms with Crippen LogP contribution in [-0.4, -0.2) is 13.0 Å². The van der Waals surface area contributed by atoms with E-state index in [1.807, 2.05) is 60.7 Å². The predicted molar refractivity (Wildman–Crippen MR) is 81.7 cm³/mol. The van der Waals surface area contributed by atoms with Gasteiger partial charge in [0.25, 0.3) is 5.91 Å². The van der Waals surface area contributed by atoms with Crippen molar-refractivity contribution in [2.24, 2.45) is 0 Å². The maximum atomic E-state index is 12.0. The van der Waals surface area contributed by atoms with Crippen molar-refractivity contribution in [1.82, 2.24) is 0 Å². The zero-order chi connectivity index (χ0) is 14.4. The van der Waals surface area contributed by atoms with Crippen LogP contribution in [0.1, 0.15) is 12.5 Å². The van der Waals surface area contributed by atoms with E-state index < -0.39 is 0 Å². The first-order valence-electron chi connectivity index (χ1n) is 6.38. The van der Waals surface area contributed by atoms with E-state index in [-0.39, 0.29) is 5.91 Å². The van der Waals surface area contributed by atoms with E-state index in [0.29, 0.717) is 5.57 Å². The van der Waals surface area contributed by atoms with Crippen LogP contribution < -0.4 is 10.1 Å². The van der Waals surface area contributed by atoms with Crippen LogP contribution in [0.5, 0.6) is 5.75 Å². The van der Waals surface area contributed by atoms with Gasteiger partial charge in [-0.1, -0.05) is 30.3 Å². The molecule has 0 heterocycles. The molecule has 2 aromatic carbocycles. The van der Waals surface area contributed by atoms with Crippen molar-refractivity contribution >= 4 is 17.7 Å². The lowest BCUT2D eigenvalue weighted by molar-refractivity contribution is -0.112. The van der Waals surface area contributed by atoms with Crippen molar-refractivity contribution in [3.8, 4) is 5.75 Å². The van der Waals surface area contributed by atoms with Gasteiger partial charge in [0.1, 0.15) is 5.75 Å². The number of amides is 1. The zero-order valence-corrected chi connectivity index (χ0v) is 11.6. The number of methoxy groups -OCH3 is 1. The van der Waals surface area contributed by atoms with Gasteiger partial charge in [-0.3, -0.25) is 4.79 Å². The molecule has 1 amide bonds. The van der Waals surface area contributed by atoms with Crippen LogP contribution >= 0.6 is 0 Å². The molecule has 0 saturated carbocycles. The summed E-state index contributed by atoms with van der Waals surface area (Å²) in [5.41, 5.74) is 2.41. The van der Waals surface area contributed by atoms with Gasteiger partial charge in [-0.2, -0.15) is 0 Å². The van der Waals surface area contributed by atoms with Gasteiger partial charge >= 0.3 is 0 Å². The van der Waals surface area contributed by atoms with E-state index in [1.54, 1.807) is 14.0 Å². The third-order valence-corrected chi connectivity index (χ3v) is 2.89. The number of benzene rings is 2. The molecule has 2 aromatic rings. The van der Waals surface area contributed by atoms with Crippen LogP contribution in [0.25, 0.3) is 6.08 Å². The van der Waals surface area contributed by atoms with Crippen LogP contribution in [0, 0.1) is 0 Å². The van der Waals surface area contributed by atoms with E-state index >= 15 is 0 Å². The fourth-order valence-corrected chi connectivity index (χ4v) is 1.77. The van der Waals surface area contributed by atoms with Crippen molar-refractivity contribution in [2.75, 3.05) is 12.4 Å². The number of hydrogen-bond donors (Lipinski definition) is 1. The van der Waals surface area contributed by atoms with Crippen molar-refractivity contribution in [3.63, 3.8) is 0 Å². The molecule has 0 bridgehead atoms. The summed E-state index contributed by atoms with van der Waals surface area (Å²) in [6.45, 7) is 1.79. The molecule has 0 saturated heterocycles. The van der Waals surface area contributed by atoms with E-state index in [1.165, 1.54) is 0 Å². The molecule has 3 heteroatoms. The molecule has 0 spiro atoms. The SMILES string of the molecule is COc1ccc(C=C(C)C(=O)Nc2ccccc2)cc1. The first-order valence-corrected chi connectivity index (χ1v) is 6.38. The molecule has 20 heavy (non-hydrogen) atoms. The largest absolute Gasteiger partial charge is 0.497 e. The minimum absolute atomic E-state index is 0.105. The smallest absolute Gasteiger partial charge is 0.251 e. The molecule has 0 aromatic heterocycles. The van der Waals surface area contributed by atoms with Crippen molar-refractivity contribution in [3.05, 3.63) is 65.7 Å². The fourth-order valence-electron chi connectivity index (χ4n) is 1.77. The number of carbonyl (C=O) groups is 1. The molecule has 0 radical (unpaired) electrons. The molecule has 2 rings (SSSR count). The second kappa shape index (κ2) is 6.57. The van der Waals surface area contributed by atoms with Crippen molar-refractivity contribution < 1.29 is 9.53 Å². The third kappa shape index (κ3) is 3.72.